The third kappa shape index (κ3) is 4.19. The summed E-state index contributed by atoms with van der Waals surface area (Å²) >= 11 is 0. The van der Waals surface area contributed by atoms with Crippen LogP contribution in [0.5, 0.6) is 0 Å². The smallest absolute Gasteiger partial charge is 0.219 e. The molecule has 3 heteroatoms. The first-order valence-corrected chi connectivity index (χ1v) is 6.76. The normalized spacial score (nSPS) is 10.3. The van der Waals surface area contributed by atoms with E-state index in [1.54, 1.807) is 12.1 Å². The zero-order valence-corrected chi connectivity index (χ0v) is 11.5. The van der Waals surface area contributed by atoms with Gasteiger partial charge in [0.05, 0.1) is 0 Å². The van der Waals surface area contributed by atoms with Crippen LogP contribution in [0.4, 0.5) is 4.39 Å². The standard InChI is InChI=1S/C17H18FNO/c1-2-17(20)19-12-15-5-3-4-14(11-15)10-13-6-8-16(18)9-7-13/h3-9,11H,2,10,12H2,1H3,(H,19,20). The molecule has 0 saturated heterocycles. The molecule has 0 heterocycles. The maximum atomic E-state index is 12.9. The van der Waals surface area contributed by atoms with E-state index in [1.807, 2.05) is 25.1 Å². The van der Waals surface area contributed by atoms with Gasteiger partial charge in [-0.2, -0.15) is 0 Å². The van der Waals surface area contributed by atoms with Crippen molar-refractivity contribution >= 4 is 5.91 Å². The minimum absolute atomic E-state index is 0.0499. The highest BCUT2D eigenvalue weighted by Gasteiger charge is 2.01. The first-order chi connectivity index (χ1) is 9.67. The maximum absolute atomic E-state index is 12.9. The van der Waals surface area contributed by atoms with Crippen molar-refractivity contribution in [1.29, 1.82) is 0 Å². The van der Waals surface area contributed by atoms with Gasteiger partial charge in [-0.05, 0) is 35.2 Å². The van der Waals surface area contributed by atoms with Crippen molar-refractivity contribution in [2.75, 3.05) is 0 Å². The van der Waals surface area contributed by atoms with Crippen molar-refractivity contribution < 1.29 is 9.18 Å². The Morgan fingerprint density at radius 3 is 2.45 bits per heavy atom. The Bertz CT molecular complexity index is 578. The SMILES string of the molecule is CCC(=O)NCc1cccc(Cc2ccc(F)cc2)c1. The van der Waals surface area contributed by atoms with Gasteiger partial charge in [0.25, 0.3) is 0 Å². The molecule has 20 heavy (non-hydrogen) atoms. The second-order valence-electron chi connectivity index (χ2n) is 4.75. The van der Waals surface area contributed by atoms with Crippen molar-refractivity contribution in [3.63, 3.8) is 0 Å². The van der Waals surface area contributed by atoms with E-state index in [2.05, 4.69) is 11.4 Å². The van der Waals surface area contributed by atoms with Crippen molar-refractivity contribution in [2.45, 2.75) is 26.3 Å². The summed E-state index contributed by atoms with van der Waals surface area (Å²) < 4.78 is 12.9. The van der Waals surface area contributed by atoms with E-state index in [0.29, 0.717) is 13.0 Å². The Labute approximate surface area is 118 Å². The van der Waals surface area contributed by atoms with Crippen molar-refractivity contribution in [1.82, 2.24) is 5.32 Å². The molecule has 0 aliphatic carbocycles. The van der Waals surface area contributed by atoms with Gasteiger partial charge in [0.2, 0.25) is 5.91 Å². The molecule has 0 fully saturated rings. The molecule has 0 aliphatic rings. The number of nitrogens with one attached hydrogen (secondary N) is 1. The molecular weight excluding hydrogens is 253 g/mol. The molecule has 2 rings (SSSR count). The zero-order chi connectivity index (χ0) is 14.4. The molecule has 0 saturated carbocycles. The first kappa shape index (κ1) is 14.3. The van der Waals surface area contributed by atoms with Gasteiger partial charge in [0, 0.05) is 13.0 Å². The molecule has 0 aromatic heterocycles. The van der Waals surface area contributed by atoms with Crippen LogP contribution in [-0.4, -0.2) is 5.91 Å². The molecule has 0 aliphatic heterocycles. The van der Waals surface area contributed by atoms with Crippen LogP contribution in [0.3, 0.4) is 0 Å². The van der Waals surface area contributed by atoms with Gasteiger partial charge in [-0.25, -0.2) is 4.39 Å². The Balaban J connectivity index is 2.02. The number of amides is 1. The summed E-state index contributed by atoms with van der Waals surface area (Å²) in [4.78, 5) is 11.2. The summed E-state index contributed by atoms with van der Waals surface area (Å²) in [7, 11) is 0. The quantitative estimate of drug-likeness (QED) is 0.886. The molecule has 2 aromatic carbocycles. The van der Waals surface area contributed by atoms with Gasteiger partial charge in [-0.3, -0.25) is 4.79 Å². The van der Waals surface area contributed by atoms with Crippen LogP contribution in [0.15, 0.2) is 48.5 Å². The summed E-state index contributed by atoms with van der Waals surface area (Å²) in [5.41, 5.74) is 3.30. The Morgan fingerprint density at radius 2 is 1.75 bits per heavy atom. The van der Waals surface area contributed by atoms with E-state index in [0.717, 1.165) is 23.1 Å². The Kier molecular flexibility index (Phi) is 4.88. The van der Waals surface area contributed by atoms with Crippen LogP contribution in [0.2, 0.25) is 0 Å². The summed E-state index contributed by atoms with van der Waals surface area (Å²) in [6.45, 7) is 2.38. The number of hydrogen-bond acceptors (Lipinski definition) is 1. The summed E-state index contributed by atoms with van der Waals surface area (Å²) in [5.74, 6) is -0.168. The molecule has 104 valence electrons. The number of hydrogen-bond donors (Lipinski definition) is 1. The molecule has 2 nitrogen and oxygen atoms in total. The monoisotopic (exact) mass is 271 g/mol. The van der Waals surface area contributed by atoms with E-state index < -0.39 is 0 Å². The fraction of sp³-hybridized carbons (Fsp3) is 0.235. The second-order valence-corrected chi connectivity index (χ2v) is 4.75. The van der Waals surface area contributed by atoms with Crippen LogP contribution in [0.25, 0.3) is 0 Å². The van der Waals surface area contributed by atoms with Gasteiger partial charge in [0.15, 0.2) is 0 Å². The van der Waals surface area contributed by atoms with E-state index in [-0.39, 0.29) is 11.7 Å². The van der Waals surface area contributed by atoms with Crippen LogP contribution >= 0.6 is 0 Å². The molecule has 0 unspecified atom stereocenters. The summed E-state index contributed by atoms with van der Waals surface area (Å²) in [6, 6.07) is 14.6. The minimum Gasteiger partial charge on any atom is -0.352 e. The topological polar surface area (TPSA) is 29.1 Å². The van der Waals surface area contributed by atoms with Crippen LogP contribution in [-0.2, 0) is 17.8 Å². The first-order valence-electron chi connectivity index (χ1n) is 6.76. The molecule has 0 spiro atoms. The average Bonchev–Trinajstić information content (AvgIpc) is 2.47. The zero-order valence-electron chi connectivity index (χ0n) is 11.5. The molecule has 1 amide bonds. The van der Waals surface area contributed by atoms with E-state index in [1.165, 1.54) is 12.1 Å². The molecular formula is C17H18FNO. The lowest BCUT2D eigenvalue weighted by atomic mass is 10.0. The van der Waals surface area contributed by atoms with E-state index in [4.69, 9.17) is 0 Å². The summed E-state index contributed by atoms with van der Waals surface area (Å²) in [5, 5.41) is 2.86. The third-order valence-corrected chi connectivity index (χ3v) is 3.12. The predicted octanol–water partition coefficient (Wildman–Crippen LogP) is 3.44. The lowest BCUT2D eigenvalue weighted by Gasteiger charge is -2.07. The maximum Gasteiger partial charge on any atom is 0.219 e. The average molecular weight is 271 g/mol. The van der Waals surface area contributed by atoms with E-state index in [9.17, 15) is 9.18 Å². The molecule has 0 radical (unpaired) electrons. The highest BCUT2D eigenvalue weighted by Crippen LogP contribution is 2.12. The fourth-order valence-electron chi connectivity index (χ4n) is 2.01. The van der Waals surface area contributed by atoms with Gasteiger partial charge in [-0.15, -0.1) is 0 Å². The number of carbonyl (C=O) groups is 1. The number of rotatable bonds is 5. The third-order valence-electron chi connectivity index (χ3n) is 3.12. The second kappa shape index (κ2) is 6.85. The molecule has 2 aromatic rings. The minimum atomic E-state index is -0.218. The van der Waals surface area contributed by atoms with Gasteiger partial charge >= 0.3 is 0 Å². The van der Waals surface area contributed by atoms with Crippen molar-refractivity contribution in [3.8, 4) is 0 Å². The lowest BCUT2D eigenvalue weighted by molar-refractivity contribution is -0.120. The lowest BCUT2D eigenvalue weighted by Crippen LogP contribution is -2.21. The van der Waals surface area contributed by atoms with Gasteiger partial charge in [-0.1, -0.05) is 43.3 Å². The Morgan fingerprint density at radius 1 is 1.05 bits per heavy atom. The number of halogens is 1. The van der Waals surface area contributed by atoms with Crippen LogP contribution < -0.4 is 5.32 Å². The highest BCUT2D eigenvalue weighted by molar-refractivity contribution is 5.75. The largest absolute Gasteiger partial charge is 0.352 e. The molecule has 1 N–H and O–H groups in total. The Hall–Kier alpha value is -2.16. The van der Waals surface area contributed by atoms with E-state index >= 15 is 0 Å². The summed E-state index contributed by atoms with van der Waals surface area (Å²) in [6.07, 6.45) is 1.26. The van der Waals surface area contributed by atoms with Crippen LogP contribution in [0.1, 0.15) is 30.0 Å². The number of benzene rings is 2. The van der Waals surface area contributed by atoms with Crippen LogP contribution in [0, 0.1) is 5.82 Å². The van der Waals surface area contributed by atoms with Crippen molar-refractivity contribution in [2.24, 2.45) is 0 Å². The fourth-order valence-corrected chi connectivity index (χ4v) is 2.01. The van der Waals surface area contributed by atoms with Crippen molar-refractivity contribution in [3.05, 3.63) is 71.0 Å². The highest BCUT2D eigenvalue weighted by atomic mass is 19.1. The van der Waals surface area contributed by atoms with Gasteiger partial charge < -0.3 is 5.32 Å². The molecule has 0 atom stereocenters. The predicted molar refractivity (Wildman–Crippen MR) is 77.8 cm³/mol. The van der Waals surface area contributed by atoms with Gasteiger partial charge in [0.1, 0.15) is 5.82 Å². The molecule has 0 bridgehead atoms. The number of carbonyl (C=O) groups excluding carboxylic acids is 1.